The molecule has 1 aliphatic heterocycles. The van der Waals surface area contributed by atoms with Crippen molar-refractivity contribution in [2.24, 2.45) is 5.92 Å². The zero-order valence-corrected chi connectivity index (χ0v) is 25.0. The summed E-state index contributed by atoms with van der Waals surface area (Å²) in [5.41, 5.74) is 5.46. The molecular formula is C29H28ClF2N7O3S. The Morgan fingerprint density at radius 1 is 1.35 bits per heavy atom. The number of aromatic nitrogens is 2. The highest BCUT2D eigenvalue weighted by atomic mass is 35.5. The van der Waals surface area contributed by atoms with E-state index in [0.717, 1.165) is 36.8 Å². The number of hydrogen-bond acceptors (Lipinski definition) is 10. The summed E-state index contributed by atoms with van der Waals surface area (Å²) in [6.07, 6.45) is 2.08. The van der Waals surface area contributed by atoms with Crippen molar-refractivity contribution in [3.8, 4) is 29.0 Å². The van der Waals surface area contributed by atoms with Gasteiger partial charge in [-0.2, -0.15) is 15.2 Å². The average Bonchev–Trinajstić information content (AvgIpc) is 3.46. The number of nitrogens with one attached hydrogen (secondary N) is 2. The highest BCUT2D eigenvalue weighted by Crippen LogP contribution is 2.49. The number of fused-ring (bicyclic) bond motifs is 2. The van der Waals surface area contributed by atoms with Crippen LogP contribution in [0.2, 0.25) is 5.02 Å². The second-order valence-corrected chi connectivity index (χ2v) is 12.3. The second kappa shape index (κ2) is 10.9. The number of anilines is 2. The molecule has 1 saturated carbocycles. The first-order valence-corrected chi connectivity index (χ1v) is 14.9. The summed E-state index contributed by atoms with van der Waals surface area (Å²) in [4.78, 5) is 23.2. The molecule has 0 bridgehead atoms. The highest BCUT2D eigenvalue weighted by Gasteiger charge is 2.43. The Hall–Kier alpha value is -3.99. The predicted octanol–water partition coefficient (Wildman–Crippen LogP) is 5.01. The van der Waals surface area contributed by atoms with Crippen molar-refractivity contribution in [1.82, 2.24) is 20.2 Å². The van der Waals surface area contributed by atoms with Gasteiger partial charge in [-0.3, -0.25) is 9.69 Å². The minimum atomic E-state index is -0.932. The monoisotopic (exact) mass is 627 g/mol. The number of phenols is 1. The van der Waals surface area contributed by atoms with Crippen LogP contribution in [0.25, 0.3) is 32.1 Å². The molecule has 224 valence electrons. The third kappa shape index (κ3) is 4.83. The van der Waals surface area contributed by atoms with Crippen LogP contribution in [0.15, 0.2) is 12.1 Å². The van der Waals surface area contributed by atoms with Crippen molar-refractivity contribution in [2.45, 2.75) is 44.4 Å². The third-order valence-corrected chi connectivity index (χ3v) is 9.68. The van der Waals surface area contributed by atoms with Gasteiger partial charge in [0.25, 0.3) is 0 Å². The van der Waals surface area contributed by atoms with Gasteiger partial charge in [-0.25, -0.2) is 8.78 Å². The van der Waals surface area contributed by atoms with E-state index in [1.165, 1.54) is 6.07 Å². The number of hydrogen-bond donors (Lipinski definition) is 4. The first-order chi connectivity index (χ1) is 20.5. The van der Waals surface area contributed by atoms with E-state index in [9.17, 15) is 19.6 Å². The molecule has 2 aromatic carbocycles. The van der Waals surface area contributed by atoms with E-state index in [-0.39, 0.29) is 89.5 Å². The summed E-state index contributed by atoms with van der Waals surface area (Å²) in [5, 5.41) is 26.6. The van der Waals surface area contributed by atoms with Crippen LogP contribution in [0.5, 0.6) is 11.8 Å². The van der Waals surface area contributed by atoms with Crippen LogP contribution in [0.1, 0.15) is 31.7 Å². The van der Waals surface area contributed by atoms with Crippen molar-refractivity contribution in [3.63, 3.8) is 0 Å². The fourth-order valence-electron chi connectivity index (χ4n) is 5.95. The minimum absolute atomic E-state index is 0.0258. The summed E-state index contributed by atoms with van der Waals surface area (Å²) in [6.45, 7) is 2.80. The van der Waals surface area contributed by atoms with E-state index in [1.807, 2.05) is 20.0 Å². The number of nitrogens with two attached hydrogens (primary N) is 1. The van der Waals surface area contributed by atoms with Gasteiger partial charge in [-0.1, -0.05) is 17.7 Å². The van der Waals surface area contributed by atoms with E-state index in [1.54, 1.807) is 7.05 Å². The Labute approximate surface area is 254 Å². The topological polar surface area (TPSA) is 149 Å². The zero-order chi connectivity index (χ0) is 30.7. The third-order valence-electron chi connectivity index (χ3n) is 8.29. The molecule has 43 heavy (non-hydrogen) atoms. The summed E-state index contributed by atoms with van der Waals surface area (Å²) in [5.74, 6) is -2.54. The SMILES string of the molecule is CNC(=O)[C@@H]1C[C@H]1Nc1nc(O[C@@H](C)[C@@H]2CCCN2C)nc2c(F)c(-c3ccc(F)c4sc(N)c(C#N)c34)c(Cl)c(O)c12. The van der Waals surface area contributed by atoms with Crippen LogP contribution in [0.3, 0.4) is 0 Å². The van der Waals surface area contributed by atoms with Gasteiger partial charge in [0, 0.05) is 30.1 Å². The summed E-state index contributed by atoms with van der Waals surface area (Å²) in [7, 11) is 3.54. The average molecular weight is 628 g/mol. The van der Waals surface area contributed by atoms with Gasteiger partial charge < -0.3 is 26.2 Å². The van der Waals surface area contributed by atoms with Gasteiger partial charge in [0.1, 0.15) is 40.1 Å². The standard InChI is InChI=1S/C29H28ClF2N7O3S/c1-11(17-5-4-8-39(17)3)42-29-37-23-20(27(38-29)36-16-9-13(16)28(41)35-2)24(40)21(30)19(22(23)32)12-6-7-15(31)25-18(12)14(10-33)26(34)43-25/h6-7,11,13,16-17,40H,4-5,8-9,34H2,1-3H3,(H,35,41)(H,36,37,38)/t11-,13+,16+,17-/m0/s1. The van der Waals surface area contributed by atoms with E-state index in [0.29, 0.717) is 6.42 Å². The number of benzene rings is 2. The van der Waals surface area contributed by atoms with Crippen LogP contribution in [-0.2, 0) is 4.79 Å². The van der Waals surface area contributed by atoms with Crippen molar-refractivity contribution in [1.29, 1.82) is 5.26 Å². The van der Waals surface area contributed by atoms with Crippen LogP contribution in [-0.4, -0.2) is 64.7 Å². The lowest BCUT2D eigenvalue weighted by atomic mass is 9.96. The number of likely N-dealkylation sites (tertiary alicyclic amines) is 1. The van der Waals surface area contributed by atoms with Crippen LogP contribution in [0.4, 0.5) is 19.6 Å². The fourth-order valence-corrected chi connectivity index (χ4v) is 7.18. The molecule has 6 rings (SSSR count). The first-order valence-electron chi connectivity index (χ1n) is 13.7. The van der Waals surface area contributed by atoms with Gasteiger partial charge >= 0.3 is 6.01 Å². The Morgan fingerprint density at radius 3 is 2.79 bits per heavy atom. The second-order valence-electron chi connectivity index (χ2n) is 10.9. The molecule has 4 atom stereocenters. The Morgan fingerprint density at radius 2 is 2.12 bits per heavy atom. The van der Waals surface area contributed by atoms with Crippen LogP contribution >= 0.6 is 22.9 Å². The summed E-state index contributed by atoms with van der Waals surface area (Å²) < 4.78 is 37.6. The van der Waals surface area contributed by atoms with Crippen LogP contribution < -0.4 is 21.1 Å². The maximum atomic E-state index is 16.7. The molecule has 3 heterocycles. The Kier molecular flexibility index (Phi) is 7.40. The molecule has 14 heteroatoms. The largest absolute Gasteiger partial charge is 0.506 e. The highest BCUT2D eigenvalue weighted by molar-refractivity contribution is 7.23. The molecule has 5 N–H and O–H groups in total. The van der Waals surface area contributed by atoms with E-state index >= 15 is 4.39 Å². The number of likely N-dealkylation sites (N-methyl/N-ethyl adjacent to an activating group) is 1. The predicted molar refractivity (Wildman–Crippen MR) is 161 cm³/mol. The van der Waals surface area contributed by atoms with Crippen LogP contribution in [0, 0.1) is 28.9 Å². The number of amides is 1. The van der Waals surface area contributed by atoms with Gasteiger partial charge in [-0.15, -0.1) is 11.3 Å². The fraction of sp³-hybridized carbons (Fsp3) is 0.379. The number of halogens is 3. The molecule has 4 aromatic rings. The molecule has 1 amide bonds. The number of ether oxygens (including phenoxy) is 1. The number of carbonyl (C=O) groups is 1. The Balaban J connectivity index is 1.55. The lowest BCUT2D eigenvalue weighted by Crippen LogP contribution is -2.38. The maximum absolute atomic E-state index is 16.7. The number of thiophene rings is 1. The lowest BCUT2D eigenvalue weighted by Gasteiger charge is -2.26. The molecule has 0 unspecified atom stereocenters. The van der Waals surface area contributed by atoms with Gasteiger partial charge in [0.05, 0.1) is 26.6 Å². The molecule has 0 spiro atoms. The van der Waals surface area contributed by atoms with E-state index in [4.69, 9.17) is 22.1 Å². The number of rotatable bonds is 7. The van der Waals surface area contributed by atoms with Gasteiger partial charge in [0.2, 0.25) is 5.91 Å². The van der Waals surface area contributed by atoms with E-state index < -0.39 is 17.4 Å². The molecule has 2 fully saturated rings. The molecule has 2 aromatic heterocycles. The van der Waals surface area contributed by atoms with Crippen molar-refractivity contribution >= 4 is 60.7 Å². The molecule has 1 saturated heterocycles. The number of nitrogen functional groups attached to an aromatic ring is 1. The van der Waals surface area contributed by atoms with Gasteiger partial charge in [0.15, 0.2) is 5.82 Å². The van der Waals surface area contributed by atoms with E-state index in [2.05, 4.69) is 25.5 Å². The number of phenolic OH excluding ortho intramolecular Hbond substituents is 1. The molecule has 1 aliphatic carbocycles. The summed E-state index contributed by atoms with van der Waals surface area (Å²) >= 11 is 7.49. The van der Waals surface area contributed by atoms with Crippen molar-refractivity contribution < 1.29 is 23.4 Å². The minimum Gasteiger partial charge on any atom is -0.506 e. The normalized spacial score (nSPS) is 20.7. The summed E-state index contributed by atoms with van der Waals surface area (Å²) in [6, 6.07) is 4.01. The molecule has 0 radical (unpaired) electrons. The number of nitrogens with zero attached hydrogens (tertiary/aromatic N) is 4. The maximum Gasteiger partial charge on any atom is 0.319 e. The molecular weight excluding hydrogens is 600 g/mol. The lowest BCUT2D eigenvalue weighted by molar-refractivity contribution is -0.121. The first kappa shape index (κ1) is 29.1. The molecule has 2 aliphatic rings. The number of aromatic hydroxyl groups is 1. The van der Waals surface area contributed by atoms with Crippen molar-refractivity contribution in [3.05, 3.63) is 34.4 Å². The number of carbonyl (C=O) groups excluding carboxylic acids is 1. The number of nitriles is 1. The zero-order valence-electron chi connectivity index (χ0n) is 23.5. The quantitative estimate of drug-likeness (QED) is 0.222. The van der Waals surface area contributed by atoms with Gasteiger partial charge in [-0.05, 0) is 51.4 Å². The Bertz CT molecular complexity index is 1850. The molecule has 10 nitrogen and oxygen atoms in total. The van der Waals surface area contributed by atoms with Crippen molar-refractivity contribution in [2.75, 3.05) is 31.7 Å². The smallest absolute Gasteiger partial charge is 0.319 e.